The lowest BCUT2D eigenvalue weighted by Gasteiger charge is -2.27. The molecule has 0 aliphatic carbocycles. The highest BCUT2D eigenvalue weighted by atomic mass is 14.9. The van der Waals surface area contributed by atoms with Gasteiger partial charge in [-0.2, -0.15) is 0 Å². The van der Waals surface area contributed by atoms with Gasteiger partial charge in [-0.05, 0) is 30.5 Å². The first-order valence-corrected chi connectivity index (χ1v) is 6.53. The summed E-state index contributed by atoms with van der Waals surface area (Å²) in [6, 6.07) is 9.33. The molecule has 1 N–H and O–H groups in total. The van der Waals surface area contributed by atoms with Crippen molar-refractivity contribution in [2.45, 2.75) is 46.1 Å². The van der Waals surface area contributed by atoms with Gasteiger partial charge in [-0.1, -0.05) is 57.9 Å². The van der Waals surface area contributed by atoms with Crippen LogP contribution in [-0.2, 0) is 6.42 Å². The summed E-state index contributed by atoms with van der Waals surface area (Å²) >= 11 is 0. The lowest BCUT2D eigenvalue weighted by atomic mass is 9.86. The van der Waals surface area contributed by atoms with Gasteiger partial charge in [0.15, 0.2) is 0 Å². The van der Waals surface area contributed by atoms with Crippen molar-refractivity contribution in [1.82, 2.24) is 5.32 Å². The molecule has 0 radical (unpaired) electrons. The van der Waals surface area contributed by atoms with Gasteiger partial charge < -0.3 is 5.32 Å². The van der Waals surface area contributed by atoms with Gasteiger partial charge in [0.05, 0.1) is 0 Å². The average molecular weight is 219 g/mol. The number of hydrogen-bond acceptors (Lipinski definition) is 1. The van der Waals surface area contributed by atoms with E-state index < -0.39 is 0 Å². The number of nitrogens with one attached hydrogen (secondary N) is 1. The first-order valence-electron chi connectivity index (χ1n) is 6.53. The third kappa shape index (κ3) is 2.85. The van der Waals surface area contributed by atoms with Gasteiger partial charge in [-0.3, -0.25) is 0 Å². The summed E-state index contributed by atoms with van der Waals surface area (Å²) in [5.74, 6) is 0.734. The molecule has 1 rings (SSSR count). The van der Waals surface area contributed by atoms with Crippen LogP contribution in [0.5, 0.6) is 0 Å². The zero-order valence-electron chi connectivity index (χ0n) is 11.1. The molecular weight excluding hydrogens is 194 g/mol. The van der Waals surface area contributed by atoms with Crippen molar-refractivity contribution in [3.05, 3.63) is 35.4 Å². The normalized spacial score (nSPS) is 13.1. The quantitative estimate of drug-likeness (QED) is 0.764. The molecule has 1 unspecified atom stereocenters. The van der Waals surface area contributed by atoms with Crippen molar-refractivity contribution < 1.29 is 0 Å². The van der Waals surface area contributed by atoms with Crippen molar-refractivity contribution in [2.24, 2.45) is 5.92 Å². The van der Waals surface area contributed by atoms with Crippen LogP contribution in [0, 0.1) is 5.92 Å². The Kier molecular flexibility index (Phi) is 5.54. The van der Waals surface area contributed by atoms with Gasteiger partial charge in [0.1, 0.15) is 0 Å². The Bertz CT molecular complexity index is 302. The summed E-state index contributed by atoms with van der Waals surface area (Å²) in [5, 5.41) is 3.50. The third-order valence-corrected chi connectivity index (χ3v) is 3.60. The fourth-order valence-electron chi connectivity index (χ4n) is 2.56. The Labute approximate surface area is 100 Å². The molecule has 0 aromatic heterocycles. The Morgan fingerprint density at radius 2 is 1.69 bits per heavy atom. The molecule has 0 saturated heterocycles. The van der Waals surface area contributed by atoms with Crippen LogP contribution in [0.25, 0.3) is 0 Å². The molecule has 16 heavy (non-hydrogen) atoms. The van der Waals surface area contributed by atoms with E-state index in [0.29, 0.717) is 6.04 Å². The standard InChI is InChI=1S/C15H25N/c1-5-12(6-2)15(16-4)14-11-9-8-10-13(14)7-3/h8-12,15-16H,5-7H2,1-4H3. The fraction of sp³-hybridized carbons (Fsp3) is 0.600. The van der Waals surface area contributed by atoms with Gasteiger partial charge in [-0.15, -0.1) is 0 Å². The van der Waals surface area contributed by atoms with Gasteiger partial charge in [0.2, 0.25) is 0 Å². The van der Waals surface area contributed by atoms with Gasteiger partial charge in [-0.25, -0.2) is 0 Å². The molecule has 1 atom stereocenters. The van der Waals surface area contributed by atoms with Gasteiger partial charge in [0, 0.05) is 6.04 Å². The van der Waals surface area contributed by atoms with E-state index in [1.807, 2.05) is 0 Å². The van der Waals surface area contributed by atoms with E-state index in [1.54, 1.807) is 0 Å². The van der Waals surface area contributed by atoms with E-state index >= 15 is 0 Å². The Morgan fingerprint density at radius 3 is 2.19 bits per heavy atom. The first kappa shape index (κ1) is 13.2. The minimum absolute atomic E-state index is 0.506. The Morgan fingerprint density at radius 1 is 1.06 bits per heavy atom. The van der Waals surface area contributed by atoms with Crippen LogP contribution in [0.1, 0.15) is 50.8 Å². The van der Waals surface area contributed by atoms with Crippen molar-refractivity contribution >= 4 is 0 Å². The monoisotopic (exact) mass is 219 g/mol. The maximum Gasteiger partial charge on any atom is 0.0348 e. The second kappa shape index (κ2) is 6.70. The summed E-state index contributed by atoms with van der Waals surface area (Å²) in [5.41, 5.74) is 2.97. The highest BCUT2D eigenvalue weighted by molar-refractivity contribution is 5.30. The maximum atomic E-state index is 3.50. The van der Waals surface area contributed by atoms with Crippen molar-refractivity contribution in [2.75, 3.05) is 7.05 Å². The van der Waals surface area contributed by atoms with Crippen LogP contribution in [0.2, 0.25) is 0 Å². The number of benzene rings is 1. The average Bonchev–Trinajstić information content (AvgIpc) is 2.35. The first-order chi connectivity index (χ1) is 7.78. The van der Waals surface area contributed by atoms with Crippen LogP contribution in [0.4, 0.5) is 0 Å². The molecule has 90 valence electrons. The highest BCUT2D eigenvalue weighted by Crippen LogP contribution is 2.29. The molecule has 0 aliphatic rings. The van der Waals surface area contributed by atoms with Gasteiger partial charge >= 0.3 is 0 Å². The van der Waals surface area contributed by atoms with E-state index in [9.17, 15) is 0 Å². The Hall–Kier alpha value is -0.820. The summed E-state index contributed by atoms with van der Waals surface area (Å²) in [7, 11) is 2.08. The van der Waals surface area contributed by atoms with E-state index in [0.717, 1.165) is 12.3 Å². The molecular formula is C15H25N. The summed E-state index contributed by atoms with van der Waals surface area (Å²) in [4.78, 5) is 0. The topological polar surface area (TPSA) is 12.0 Å². The van der Waals surface area contributed by atoms with Crippen LogP contribution in [0.3, 0.4) is 0 Å². The maximum absolute atomic E-state index is 3.50. The largest absolute Gasteiger partial charge is 0.313 e. The van der Waals surface area contributed by atoms with Crippen LogP contribution in [0.15, 0.2) is 24.3 Å². The molecule has 1 heteroatoms. The molecule has 1 nitrogen and oxygen atoms in total. The second-order valence-electron chi connectivity index (χ2n) is 4.40. The van der Waals surface area contributed by atoms with E-state index in [1.165, 1.54) is 24.0 Å². The molecule has 0 fully saturated rings. The number of hydrogen-bond donors (Lipinski definition) is 1. The zero-order valence-corrected chi connectivity index (χ0v) is 11.1. The minimum Gasteiger partial charge on any atom is -0.313 e. The van der Waals surface area contributed by atoms with Crippen molar-refractivity contribution in [3.8, 4) is 0 Å². The van der Waals surface area contributed by atoms with Crippen molar-refractivity contribution in [3.63, 3.8) is 0 Å². The molecule has 1 aromatic rings. The van der Waals surface area contributed by atoms with E-state index in [2.05, 4.69) is 57.4 Å². The molecule has 0 amide bonds. The minimum atomic E-state index is 0.506. The van der Waals surface area contributed by atoms with E-state index in [-0.39, 0.29) is 0 Å². The number of rotatable bonds is 6. The predicted octanol–water partition coefficient (Wildman–Crippen LogP) is 3.95. The molecule has 0 bridgehead atoms. The second-order valence-corrected chi connectivity index (χ2v) is 4.40. The van der Waals surface area contributed by atoms with Crippen LogP contribution >= 0.6 is 0 Å². The zero-order chi connectivity index (χ0) is 12.0. The predicted molar refractivity (Wildman–Crippen MR) is 71.7 cm³/mol. The number of aryl methyl sites for hydroxylation is 1. The molecule has 0 aliphatic heterocycles. The lowest BCUT2D eigenvalue weighted by molar-refractivity contribution is 0.358. The van der Waals surface area contributed by atoms with Gasteiger partial charge in [0.25, 0.3) is 0 Å². The molecule has 0 spiro atoms. The fourth-order valence-corrected chi connectivity index (χ4v) is 2.56. The SMILES string of the molecule is CCc1ccccc1C(NC)C(CC)CC. The van der Waals surface area contributed by atoms with E-state index in [4.69, 9.17) is 0 Å². The molecule has 1 aromatic carbocycles. The van der Waals surface area contributed by atoms with Crippen LogP contribution in [-0.4, -0.2) is 7.05 Å². The van der Waals surface area contributed by atoms with Crippen LogP contribution < -0.4 is 5.32 Å². The lowest BCUT2D eigenvalue weighted by Crippen LogP contribution is -2.25. The Balaban J connectivity index is 3.02. The summed E-state index contributed by atoms with van der Waals surface area (Å²) in [6.07, 6.45) is 3.59. The summed E-state index contributed by atoms with van der Waals surface area (Å²) in [6.45, 7) is 6.80. The summed E-state index contributed by atoms with van der Waals surface area (Å²) < 4.78 is 0. The molecule has 0 saturated carbocycles. The van der Waals surface area contributed by atoms with Crippen molar-refractivity contribution in [1.29, 1.82) is 0 Å². The smallest absolute Gasteiger partial charge is 0.0348 e. The third-order valence-electron chi connectivity index (χ3n) is 3.60. The molecule has 0 heterocycles. The highest BCUT2D eigenvalue weighted by Gasteiger charge is 2.20.